The molecular formula is C22H20FNO3. The molecule has 0 aliphatic carbocycles. The average molecular weight is 365 g/mol. The van der Waals surface area contributed by atoms with E-state index in [2.05, 4.69) is 5.32 Å². The molecule has 0 aromatic heterocycles. The molecule has 5 heteroatoms. The van der Waals surface area contributed by atoms with Crippen LogP contribution in [0.5, 0.6) is 11.5 Å². The Labute approximate surface area is 156 Å². The Morgan fingerprint density at radius 1 is 0.889 bits per heavy atom. The minimum atomic E-state index is -0.730. The third kappa shape index (κ3) is 4.85. The molecule has 27 heavy (non-hydrogen) atoms. The van der Waals surface area contributed by atoms with E-state index < -0.39 is 11.6 Å². The second-order valence-corrected chi connectivity index (χ2v) is 6.29. The van der Waals surface area contributed by atoms with Gasteiger partial charge in [-0.25, -0.2) is 4.39 Å². The second kappa shape index (κ2) is 8.36. The summed E-state index contributed by atoms with van der Waals surface area (Å²) in [4.78, 5) is 12.2. The molecule has 1 amide bonds. The highest BCUT2D eigenvalue weighted by Crippen LogP contribution is 2.31. The topological polar surface area (TPSA) is 69.6 Å². The molecule has 0 saturated heterocycles. The number of anilines is 1. The average Bonchev–Trinajstić information content (AvgIpc) is 2.67. The molecule has 0 aliphatic rings. The summed E-state index contributed by atoms with van der Waals surface area (Å²) in [6.45, 7) is 0. The van der Waals surface area contributed by atoms with E-state index in [4.69, 9.17) is 0 Å². The Morgan fingerprint density at radius 3 is 2.26 bits per heavy atom. The lowest BCUT2D eigenvalue weighted by Crippen LogP contribution is -2.11. The lowest BCUT2D eigenvalue weighted by atomic mass is 10.0. The first kappa shape index (κ1) is 18.5. The quantitative estimate of drug-likeness (QED) is 0.546. The van der Waals surface area contributed by atoms with Gasteiger partial charge in [-0.15, -0.1) is 0 Å². The minimum Gasteiger partial charge on any atom is -0.506 e. The number of hydrogen-bond acceptors (Lipinski definition) is 3. The van der Waals surface area contributed by atoms with E-state index in [1.165, 1.54) is 23.8 Å². The molecule has 138 valence electrons. The fourth-order valence-electron chi connectivity index (χ4n) is 2.81. The van der Waals surface area contributed by atoms with Gasteiger partial charge in [-0.1, -0.05) is 42.5 Å². The number of amides is 1. The Kier molecular flexibility index (Phi) is 5.71. The van der Waals surface area contributed by atoms with Crippen molar-refractivity contribution >= 4 is 11.6 Å². The van der Waals surface area contributed by atoms with E-state index in [-0.39, 0.29) is 17.3 Å². The Morgan fingerprint density at radius 2 is 1.56 bits per heavy atom. The maximum atomic E-state index is 13.6. The lowest BCUT2D eigenvalue weighted by Gasteiger charge is -2.10. The smallest absolute Gasteiger partial charge is 0.224 e. The Balaban J connectivity index is 1.65. The zero-order chi connectivity index (χ0) is 19.2. The number of aromatic hydroxyl groups is 2. The molecule has 3 N–H and O–H groups in total. The van der Waals surface area contributed by atoms with Crippen LogP contribution in [0.25, 0.3) is 11.1 Å². The minimum absolute atomic E-state index is 0.0607. The molecular weight excluding hydrogens is 345 g/mol. The molecule has 4 nitrogen and oxygen atoms in total. The van der Waals surface area contributed by atoms with Crippen LogP contribution in [0.4, 0.5) is 10.1 Å². The number of rotatable bonds is 6. The van der Waals surface area contributed by atoms with Gasteiger partial charge in [0.1, 0.15) is 5.75 Å². The van der Waals surface area contributed by atoms with E-state index in [0.717, 1.165) is 6.42 Å². The van der Waals surface area contributed by atoms with Crippen LogP contribution >= 0.6 is 0 Å². The van der Waals surface area contributed by atoms with Crippen LogP contribution < -0.4 is 5.32 Å². The normalized spacial score (nSPS) is 10.6. The zero-order valence-electron chi connectivity index (χ0n) is 14.7. The maximum absolute atomic E-state index is 13.6. The highest BCUT2D eigenvalue weighted by molar-refractivity contribution is 5.93. The van der Waals surface area contributed by atoms with Crippen molar-refractivity contribution in [2.24, 2.45) is 0 Å². The van der Waals surface area contributed by atoms with Crippen LogP contribution in [0.2, 0.25) is 0 Å². The van der Waals surface area contributed by atoms with Gasteiger partial charge in [0.2, 0.25) is 5.91 Å². The molecule has 0 radical (unpaired) electrons. The Hall–Kier alpha value is -3.34. The molecule has 0 spiro atoms. The zero-order valence-corrected chi connectivity index (χ0v) is 14.7. The number of hydrogen-bond donors (Lipinski definition) is 3. The van der Waals surface area contributed by atoms with Gasteiger partial charge in [-0.05, 0) is 53.8 Å². The van der Waals surface area contributed by atoms with Gasteiger partial charge in [0.15, 0.2) is 11.6 Å². The number of aryl methyl sites for hydroxylation is 1. The van der Waals surface area contributed by atoms with Crippen molar-refractivity contribution in [3.63, 3.8) is 0 Å². The van der Waals surface area contributed by atoms with Crippen LogP contribution in [-0.4, -0.2) is 16.1 Å². The predicted molar refractivity (Wildman–Crippen MR) is 103 cm³/mol. The molecule has 0 bridgehead atoms. The van der Waals surface area contributed by atoms with Gasteiger partial charge in [0, 0.05) is 6.42 Å². The van der Waals surface area contributed by atoms with E-state index in [1.807, 2.05) is 30.3 Å². The van der Waals surface area contributed by atoms with Gasteiger partial charge in [0.25, 0.3) is 0 Å². The van der Waals surface area contributed by atoms with E-state index in [0.29, 0.717) is 24.0 Å². The molecule has 0 unspecified atom stereocenters. The molecule has 3 aromatic rings. The molecule has 0 atom stereocenters. The molecule has 3 aromatic carbocycles. The first-order valence-electron chi connectivity index (χ1n) is 8.68. The summed E-state index contributed by atoms with van der Waals surface area (Å²) in [5, 5.41) is 22.0. The van der Waals surface area contributed by atoms with Crippen molar-refractivity contribution in [2.45, 2.75) is 19.3 Å². The number of halogens is 1. The van der Waals surface area contributed by atoms with Gasteiger partial charge < -0.3 is 15.5 Å². The molecule has 0 saturated carbocycles. The number of carbonyl (C=O) groups is 1. The SMILES string of the molecule is O=C(CCCc1ccccc1)Nc1cc(-c2ccc(O)c(F)c2)ccc1O. The number of benzene rings is 3. The van der Waals surface area contributed by atoms with Crippen molar-refractivity contribution in [2.75, 3.05) is 5.32 Å². The number of phenolic OH excluding ortho intramolecular Hbond substituents is 2. The standard InChI is InChI=1S/C22H20FNO3/c23-18-13-16(9-11-20(18)25)17-10-12-21(26)19(14-17)24-22(27)8-4-7-15-5-2-1-3-6-15/h1-3,5-6,9-14,25-26H,4,7-8H2,(H,24,27). The van der Waals surface area contributed by atoms with Crippen molar-refractivity contribution in [1.29, 1.82) is 0 Å². The highest BCUT2D eigenvalue weighted by atomic mass is 19.1. The van der Waals surface area contributed by atoms with Crippen molar-refractivity contribution in [3.05, 3.63) is 78.1 Å². The van der Waals surface area contributed by atoms with Gasteiger partial charge in [-0.2, -0.15) is 0 Å². The summed E-state index contributed by atoms with van der Waals surface area (Å²) in [6, 6.07) is 18.6. The van der Waals surface area contributed by atoms with Crippen molar-refractivity contribution < 1.29 is 19.4 Å². The van der Waals surface area contributed by atoms with Crippen LogP contribution in [0, 0.1) is 5.82 Å². The molecule has 0 fully saturated rings. The summed E-state index contributed by atoms with van der Waals surface area (Å²) in [5.74, 6) is -1.42. The summed E-state index contributed by atoms with van der Waals surface area (Å²) < 4.78 is 13.6. The largest absolute Gasteiger partial charge is 0.506 e. The summed E-state index contributed by atoms with van der Waals surface area (Å²) >= 11 is 0. The van der Waals surface area contributed by atoms with Gasteiger partial charge >= 0.3 is 0 Å². The maximum Gasteiger partial charge on any atom is 0.224 e. The van der Waals surface area contributed by atoms with Crippen LogP contribution in [0.3, 0.4) is 0 Å². The van der Waals surface area contributed by atoms with Crippen LogP contribution in [-0.2, 0) is 11.2 Å². The molecule has 0 heterocycles. The monoisotopic (exact) mass is 365 g/mol. The van der Waals surface area contributed by atoms with E-state index in [9.17, 15) is 19.4 Å². The Bertz CT molecular complexity index is 942. The third-order valence-corrected chi connectivity index (χ3v) is 4.26. The summed E-state index contributed by atoms with van der Waals surface area (Å²) in [7, 11) is 0. The number of phenols is 2. The summed E-state index contributed by atoms with van der Waals surface area (Å²) in [6.07, 6.45) is 1.82. The fourth-order valence-corrected chi connectivity index (χ4v) is 2.81. The van der Waals surface area contributed by atoms with Crippen LogP contribution in [0.15, 0.2) is 66.7 Å². The second-order valence-electron chi connectivity index (χ2n) is 6.29. The first-order chi connectivity index (χ1) is 13.0. The first-order valence-corrected chi connectivity index (χ1v) is 8.68. The lowest BCUT2D eigenvalue weighted by molar-refractivity contribution is -0.116. The fraction of sp³-hybridized carbons (Fsp3) is 0.136. The van der Waals surface area contributed by atoms with Crippen LogP contribution in [0.1, 0.15) is 18.4 Å². The number of carbonyl (C=O) groups excluding carboxylic acids is 1. The van der Waals surface area contributed by atoms with Gasteiger partial charge in [-0.3, -0.25) is 4.79 Å². The van der Waals surface area contributed by atoms with Crippen molar-refractivity contribution in [1.82, 2.24) is 0 Å². The summed E-state index contributed by atoms with van der Waals surface area (Å²) in [5.41, 5.74) is 2.59. The molecule has 0 aliphatic heterocycles. The van der Waals surface area contributed by atoms with Gasteiger partial charge in [0.05, 0.1) is 5.69 Å². The van der Waals surface area contributed by atoms with E-state index >= 15 is 0 Å². The van der Waals surface area contributed by atoms with Crippen molar-refractivity contribution in [3.8, 4) is 22.6 Å². The third-order valence-electron chi connectivity index (χ3n) is 4.26. The highest BCUT2D eigenvalue weighted by Gasteiger charge is 2.10. The number of nitrogens with one attached hydrogen (secondary N) is 1. The van der Waals surface area contributed by atoms with E-state index in [1.54, 1.807) is 18.2 Å². The molecule has 3 rings (SSSR count). The predicted octanol–water partition coefficient (Wildman–Crippen LogP) is 4.87.